The van der Waals surface area contributed by atoms with E-state index >= 15 is 0 Å². The first kappa shape index (κ1) is 21.5. The molecule has 6 heteroatoms. The van der Waals surface area contributed by atoms with Gasteiger partial charge in [0.25, 0.3) is 0 Å². The standard InChI is InChI=1S/C27H18O6/c28-25(29)21-10-4-1-7-17(21)16-13-14-20(18-8-2-5-11-22(18)26(30)31)24(15-16)19-9-3-6-12-23(19)27(32)33/h1-15H,(H,28,29)(H,30,31)(H,32,33). The summed E-state index contributed by atoms with van der Waals surface area (Å²) in [5.41, 5.74) is 3.11. The molecule has 0 saturated heterocycles. The molecule has 0 aliphatic rings. The Hall–Kier alpha value is -4.71. The molecule has 4 aromatic carbocycles. The van der Waals surface area contributed by atoms with Gasteiger partial charge in [-0.2, -0.15) is 0 Å². The van der Waals surface area contributed by atoms with Gasteiger partial charge in [-0.1, -0.05) is 66.7 Å². The summed E-state index contributed by atoms with van der Waals surface area (Å²) in [7, 11) is 0. The highest BCUT2D eigenvalue weighted by Crippen LogP contribution is 2.39. The predicted molar refractivity (Wildman–Crippen MR) is 124 cm³/mol. The quantitative estimate of drug-likeness (QED) is 0.352. The van der Waals surface area contributed by atoms with E-state index in [1.807, 2.05) is 0 Å². The van der Waals surface area contributed by atoms with Crippen molar-refractivity contribution in [2.75, 3.05) is 0 Å². The van der Waals surface area contributed by atoms with Crippen LogP contribution in [0.5, 0.6) is 0 Å². The molecule has 0 aromatic heterocycles. The number of carbonyl (C=O) groups is 3. The van der Waals surface area contributed by atoms with Gasteiger partial charge in [-0.3, -0.25) is 0 Å². The third kappa shape index (κ3) is 4.09. The van der Waals surface area contributed by atoms with E-state index < -0.39 is 17.9 Å². The van der Waals surface area contributed by atoms with Gasteiger partial charge in [0.2, 0.25) is 0 Å². The number of hydrogen-bond donors (Lipinski definition) is 3. The number of carboxylic acids is 3. The van der Waals surface area contributed by atoms with Crippen LogP contribution in [-0.2, 0) is 0 Å². The molecule has 0 atom stereocenters. The van der Waals surface area contributed by atoms with Crippen LogP contribution in [0.4, 0.5) is 0 Å². The van der Waals surface area contributed by atoms with E-state index in [1.165, 1.54) is 18.2 Å². The fourth-order valence-corrected chi connectivity index (χ4v) is 3.90. The van der Waals surface area contributed by atoms with Gasteiger partial charge in [0.1, 0.15) is 0 Å². The van der Waals surface area contributed by atoms with Crippen LogP contribution in [0.25, 0.3) is 33.4 Å². The zero-order chi connectivity index (χ0) is 23.5. The first-order chi connectivity index (χ1) is 15.9. The second-order valence-electron chi connectivity index (χ2n) is 7.31. The third-order valence-electron chi connectivity index (χ3n) is 5.38. The highest BCUT2D eigenvalue weighted by atomic mass is 16.4. The normalized spacial score (nSPS) is 10.5. The second kappa shape index (κ2) is 8.80. The minimum Gasteiger partial charge on any atom is -0.478 e. The Morgan fingerprint density at radius 2 is 0.818 bits per heavy atom. The van der Waals surface area contributed by atoms with Gasteiger partial charge in [0, 0.05) is 0 Å². The first-order valence-electron chi connectivity index (χ1n) is 10.0. The molecule has 0 bridgehead atoms. The third-order valence-corrected chi connectivity index (χ3v) is 5.38. The molecule has 0 heterocycles. The average Bonchev–Trinajstić information content (AvgIpc) is 2.83. The van der Waals surface area contributed by atoms with Crippen LogP contribution in [0.1, 0.15) is 31.1 Å². The maximum Gasteiger partial charge on any atom is 0.336 e. The van der Waals surface area contributed by atoms with E-state index in [2.05, 4.69) is 0 Å². The van der Waals surface area contributed by atoms with Crippen molar-refractivity contribution in [3.8, 4) is 33.4 Å². The lowest BCUT2D eigenvalue weighted by atomic mass is 9.87. The molecule has 0 aliphatic heterocycles. The van der Waals surface area contributed by atoms with Gasteiger partial charge in [0.05, 0.1) is 16.7 Å². The molecule has 4 aromatic rings. The highest BCUT2D eigenvalue weighted by molar-refractivity contribution is 6.04. The summed E-state index contributed by atoms with van der Waals surface area (Å²) in [4.78, 5) is 35.6. The molecule has 3 N–H and O–H groups in total. The van der Waals surface area contributed by atoms with Crippen LogP contribution >= 0.6 is 0 Å². The number of carboxylic acid groups (broad SMARTS) is 3. The molecule has 0 unspecified atom stereocenters. The predicted octanol–water partition coefficient (Wildman–Crippen LogP) is 5.78. The van der Waals surface area contributed by atoms with Crippen molar-refractivity contribution in [1.29, 1.82) is 0 Å². The molecular formula is C27H18O6. The van der Waals surface area contributed by atoms with E-state index in [0.717, 1.165) is 0 Å². The van der Waals surface area contributed by atoms with E-state index in [4.69, 9.17) is 0 Å². The first-order valence-corrected chi connectivity index (χ1v) is 10.0. The van der Waals surface area contributed by atoms with Crippen LogP contribution in [0.3, 0.4) is 0 Å². The molecule has 0 aliphatic carbocycles. The Labute approximate surface area is 189 Å². The topological polar surface area (TPSA) is 112 Å². The minimum absolute atomic E-state index is 0.0511. The molecular weight excluding hydrogens is 420 g/mol. The Balaban J connectivity index is 2.06. The van der Waals surface area contributed by atoms with Crippen molar-refractivity contribution < 1.29 is 29.7 Å². The van der Waals surface area contributed by atoms with Crippen LogP contribution < -0.4 is 0 Å². The molecule has 0 fully saturated rings. The summed E-state index contributed by atoms with van der Waals surface area (Å²) in [6.07, 6.45) is 0. The van der Waals surface area contributed by atoms with Gasteiger partial charge in [-0.15, -0.1) is 0 Å². The van der Waals surface area contributed by atoms with Crippen molar-refractivity contribution in [1.82, 2.24) is 0 Å². The number of benzene rings is 4. The fourth-order valence-electron chi connectivity index (χ4n) is 3.90. The Bertz CT molecular complexity index is 1400. The summed E-state index contributed by atoms with van der Waals surface area (Å²) in [6, 6.07) is 24.6. The number of rotatable bonds is 6. The molecule has 0 saturated carbocycles. The van der Waals surface area contributed by atoms with Gasteiger partial charge < -0.3 is 15.3 Å². The molecule has 162 valence electrons. The Morgan fingerprint density at radius 1 is 0.424 bits per heavy atom. The van der Waals surface area contributed by atoms with E-state index in [9.17, 15) is 29.7 Å². The maximum absolute atomic E-state index is 11.9. The average molecular weight is 438 g/mol. The zero-order valence-electron chi connectivity index (χ0n) is 17.2. The monoisotopic (exact) mass is 438 g/mol. The second-order valence-corrected chi connectivity index (χ2v) is 7.31. The van der Waals surface area contributed by atoms with Gasteiger partial charge in [0.15, 0.2) is 0 Å². The van der Waals surface area contributed by atoms with Crippen molar-refractivity contribution in [2.45, 2.75) is 0 Å². The van der Waals surface area contributed by atoms with Crippen molar-refractivity contribution >= 4 is 17.9 Å². The van der Waals surface area contributed by atoms with Gasteiger partial charge in [-0.05, 0) is 57.6 Å². The molecule has 0 radical (unpaired) electrons. The smallest absolute Gasteiger partial charge is 0.336 e. The SMILES string of the molecule is O=C(O)c1ccccc1-c1ccc(-c2ccccc2C(=O)O)c(-c2ccccc2C(=O)O)c1. The Kier molecular flexibility index (Phi) is 5.74. The van der Waals surface area contributed by atoms with Crippen molar-refractivity contribution in [3.05, 3.63) is 108 Å². The van der Waals surface area contributed by atoms with Crippen LogP contribution in [0.2, 0.25) is 0 Å². The molecule has 6 nitrogen and oxygen atoms in total. The molecule has 0 spiro atoms. The van der Waals surface area contributed by atoms with Crippen LogP contribution in [-0.4, -0.2) is 33.2 Å². The fraction of sp³-hybridized carbons (Fsp3) is 0. The van der Waals surface area contributed by atoms with E-state index in [-0.39, 0.29) is 16.7 Å². The number of hydrogen-bond acceptors (Lipinski definition) is 3. The van der Waals surface area contributed by atoms with Gasteiger partial charge in [-0.25, -0.2) is 14.4 Å². The van der Waals surface area contributed by atoms with E-state index in [1.54, 1.807) is 72.8 Å². The largest absolute Gasteiger partial charge is 0.478 e. The molecule has 0 amide bonds. The lowest BCUT2D eigenvalue weighted by molar-refractivity contribution is 0.0686. The van der Waals surface area contributed by atoms with E-state index in [0.29, 0.717) is 33.4 Å². The van der Waals surface area contributed by atoms with Gasteiger partial charge >= 0.3 is 17.9 Å². The summed E-state index contributed by atoms with van der Waals surface area (Å²) in [5, 5.41) is 29.1. The summed E-state index contributed by atoms with van der Waals surface area (Å²) in [6.45, 7) is 0. The lowest BCUT2D eigenvalue weighted by Crippen LogP contribution is -2.03. The molecule has 33 heavy (non-hydrogen) atoms. The van der Waals surface area contributed by atoms with Crippen LogP contribution in [0.15, 0.2) is 91.0 Å². The zero-order valence-corrected chi connectivity index (χ0v) is 17.2. The summed E-state index contributed by atoms with van der Waals surface area (Å²) in [5.74, 6) is -3.32. The summed E-state index contributed by atoms with van der Waals surface area (Å²) < 4.78 is 0. The number of aromatic carboxylic acids is 3. The minimum atomic E-state index is -1.13. The molecule has 4 rings (SSSR count). The van der Waals surface area contributed by atoms with Crippen molar-refractivity contribution in [2.24, 2.45) is 0 Å². The lowest BCUT2D eigenvalue weighted by Gasteiger charge is -2.17. The summed E-state index contributed by atoms with van der Waals surface area (Å²) >= 11 is 0. The van der Waals surface area contributed by atoms with Crippen molar-refractivity contribution in [3.63, 3.8) is 0 Å². The maximum atomic E-state index is 11.9. The highest BCUT2D eigenvalue weighted by Gasteiger charge is 2.20. The Morgan fingerprint density at radius 3 is 1.30 bits per heavy atom. The van der Waals surface area contributed by atoms with Crippen LogP contribution in [0, 0.1) is 0 Å².